The van der Waals surface area contributed by atoms with Gasteiger partial charge in [0.25, 0.3) is 5.56 Å². The number of nitrogens with one attached hydrogen (secondary N) is 2. The van der Waals surface area contributed by atoms with E-state index in [4.69, 9.17) is 0 Å². The molecule has 5 heteroatoms. The molecule has 21 heavy (non-hydrogen) atoms. The fourth-order valence-corrected chi connectivity index (χ4v) is 2.71. The Morgan fingerprint density at radius 2 is 2.00 bits per heavy atom. The zero-order valence-electron chi connectivity index (χ0n) is 12.0. The summed E-state index contributed by atoms with van der Waals surface area (Å²) < 4.78 is 0. The lowest BCUT2D eigenvalue weighted by molar-refractivity contribution is 0.385. The molecule has 2 aromatic rings. The Bertz CT molecular complexity index is 686. The van der Waals surface area contributed by atoms with Crippen LogP contribution in [0.15, 0.2) is 29.1 Å². The second-order valence-electron chi connectivity index (χ2n) is 5.52. The summed E-state index contributed by atoms with van der Waals surface area (Å²) in [5.74, 6) is 0.318. The molecule has 0 amide bonds. The number of aromatic amines is 1. The molecule has 0 radical (unpaired) electrons. The van der Waals surface area contributed by atoms with E-state index >= 15 is 0 Å². The number of hydrogen-bond acceptors (Lipinski definition) is 4. The van der Waals surface area contributed by atoms with Gasteiger partial charge in [0.2, 0.25) is 5.88 Å². The molecule has 0 spiro atoms. The molecule has 2 heterocycles. The third-order valence-corrected chi connectivity index (χ3v) is 3.90. The third kappa shape index (κ3) is 2.83. The number of aromatic nitrogens is 2. The average Bonchev–Trinajstić information content (AvgIpc) is 2.49. The van der Waals surface area contributed by atoms with Gasteiger partial charge in [0.15, 0.2) is 0 Å². The van der Waals surface area contributed by atoms with Gasteiger partial charge in [-0.2, -0.15) is 4.98 Å². The summed E-state index contributed by atoms with van der Waals surface area (Å²) in [6.45, 7) is 2.89. The first kappa shape index (κ1) is 13.8. The molecule has 5 nitrogen and oxygen atoms in total. The Morgan fingerprint density at radius 1 is 1.24 bits per heavy atom. The maximum atomic E-state index is 12.3. The zero-order chi connectivity index (χ0) is 14.8. The van der Waals surface area contributed by atoms with Crippen LogP contribution in [0.2, 0.25) is 0 Å². The Hall–Kier alpha value is -2.14. The summed E-state index contributed by atoms with van der Waals surface area (Å²) in [5, 5.41) is 13.5. The number of rotatable bonds is 2. The van der Waals surface area contributed by atoms with E-state index < -0.39 is 0 Å². The molecule has 1 aromatic carbocycles. The SMILES string of the molecule is Cc1ccc(-c2c(O)nc(C3CCCCN3)[nH]c2=O)cc1. The number of aryl methyl sites for hydroxylation is 1. The van der Waals surface area contributed by atoms with Crippen molar-refractivity contribution in [2.24, 2.45) is 0 Å². The van der Waals surface area contributed by atoms with Gasteiger partial charge in [-0.3, -0.25) is 4.79 Å². The minimum absolute atomic E-state index is 0.0180. The Kier molecular flexibility index (Phi) is 3.75. The van der Waals surface area contributed by atoms with Crippen LogP contribution in [0, 0.1) is 6.92 Å². The quantitative estimate of drug-likeness (QED) is 0.791. The normalized spacial score (nSPS) is 18.6. The van der Waals surface area contributed by atoms with E-state index in [1.165, 1.54) is 0 Å². The van der Waals surface area contributed by atoms with Crippen LogP contribution in [0.3, 0.4) is 0 Å². The average molecular weight is 285 g/mol. The van der Waals surface area contributed by atoms with E-state index in [0.29, 0.717) is 11.4 Å². The van der Waals surface area contributed by atoms with Gasteiger partial charge in [-0.25, -0.2) is 0 Å². The highest BCUT2D eigenvalue weighted by Crippen LogP contribution is 2.26. The standard InChI is InChI=1S/C16H19N3O2/c1-10-5-7-11(8-6-10)13-15(20)18-14(19-16(13)21)12-4-2-3-9-17-12/h5-8,12,17H,2-4,9H2,1H3,(H2,18,19,20,21). The molecular formula is C16H19N3O2. The molecular weight excluding hydrogens is 266 g/mol. The fraction of sp³-hybridized carbons (Fsp3) is 0.375. The van der Waals surface area contributed by atoms with Crippen molar-refractivity contribution < 1.29 is 5.11 Å². The van der Waals surface area contributed by atoms with E-state index in [-0.39, 0.29) is 23.0 Å². The van der Waals surface area contributed by atoms with Gasteiger partial charge in [0, 0.05) is 0 Å². The van der Waals surface area contributed by atoms with Crippen LogP contribution < -0.4 is 10.9 Å². The van der Waals surface area contributed by atoms with Crippen molar-refractivity contribution in [3.8, 4) is 17.0 Å². The molecule has 1 aromatic heterocycles. The fourth-order valence-electron chi connectivity index (χ4n) is 2.71. The van der Waals surface area contributed by atoms with Gasteiger partial charge in [-0.1, -0.05) is 36.2 Å². The molecule has 110 valence electrons. The van der Waals surface area contributed by atoms with E-state index in [1.807, 2.05) is 31.2 Å². The lowest BCUT2D eigenvalue weighted by Crippen LogP contribution is -2.30. The maximum Gasteiger partial charge on any atom is 0.262 e. The van der Waals surface area contributed by atoms with E-state index in [1.54, 1.807) is 0 Å². The largest absolute Gasteiger partial charge is 0.493 e. The smallest absolute Gasteiger partial charge is 0.262 e. The van der Waals surface area contributed by atoms with Gasteiger partial charge < -0.3 is 15.4 Å². The van der Waals surface area contributed by atoms with E-state index in [9.17, 15) is 9.90 Å². The van der Waals surface area contributed by atoms with Gasteiger partial charge in [-0.15, -0.1) is 0 Å². The van der Waals surface area contributed by atoms with Gasteiger partial charge in [0.05, 0.1) is 6.04 Å². The predicted molar refractivity (Wildman–Crippen MR) is 81.3 cm³/mol. The number of piperidine rings is 1. The van der Waals surface area contributed by atoms with Crippen molar-refractivity contribution in [1.29, 1.82) is 0 Å². The molecule has 0 aliphatic carbocycles. The molecule has 1 aliphatic heterocycles. The first-order valence-corrected chi connectivity index (χ1v) is 7.29. The summed E-state index contributed by atoms with van der Waals surface area (Å²) in [7, 11) is 0. The van der Waals surface area contributed by atoms with Crippen LogP contribution in [0.5, 0.6) is 5.88 Å². The highest BCUT2D eigenvalue weighted by Gasteiger charge is 2.20. The van der Waals surface area contributed by atoms with Crippen molar-refractivity contribution in [2.45, 2.75) is 32.2 Å². The molecule has 1 aliphatic rings. The maximum absolute atomic E-state index is 12.3. The summed E-state index contributed by atoms with van der Waals surface area (Å²) in [4.78, 5) is 19.3. The topological polar surface area (TPSA) is 78.0 Å². The van der Waals surface area contributed by atoms with Crippen molar-refractivity contribution in [2.75, 3.05) is 6.54 Å². The van der Waals surface area contributed by atoms with Crippen LogP contribution in [0.1, 0.15) is 36.7 Å². The lowest BCUT2D eigenvalue weighted by Gasteiger charge is -2.22. The minimum atomic E-state index is -0.297. The van der Waals surface area contributed by atoms with Gasteiger partial charge in [0.1, 0.15) is 11.4 Å². The molecule has 1 unspecified atom stereocenters. The number of nitrogens with zero attached hydrogens (tertiary/aromatic N) is 1. The van der Waals surface area contributed by atoms with Crippen LogP contribution in [-0.2, 0) is 0 Å². The first-order valence-electron chi connectivity index (χ1n) is 7.29. The summed E-state index contributed by atoms with van der Waals surface area (Å²) in [6.07, 6.45) is 3.16. The van der Waals surface area contributed by atoms with Crippen molar-refractivity contribution in [3.05, 3.63) is 46.0 Å². The van der Waals surface area contributed by atoms with Crippen molar-refractivity contribution in [1.82, 2.24) is 15.3 Å². The minimum Gasteiger partial charge on any atom is -0.493 e. The third-order valence-electron chi connectivity index (χ3n) is 3.90. The summed E-state index contributed by atoms with van der Waals surface area (Å²) in [6, 6.07) is 7.47. The van der Waals surface area contributed by atoms with Crippen LogP contribution in [0.4, 0.5) is 0 Å². The molecule has 3 N–H and O–H groups in total. The van der Waals surface area contributed by atoms with Crippen LogP contribution in [-0.4, -0.2) is 21.6 Å². The lowest BCUT2D eigenvalue weighted by atomic mass is 10.0. The second kappa shape index (κ2) is 5.69. The van der Waals surface area contributed by atoms with Crippen molar-refractivity contribution in [3.63, 3.8) is 0 Å². The molecule has 1 atom stereocenters. The monoisotopic (exact) mass is 285 g/mol. The molecule has 1 fully saturated rings. The number of aromatic hydroxyl groups is 1. The predicted octanol–water partition coefficient (Wildman–Crippen LogP) is 2.27. The number of benzene rings is 1. The Balaban J connectivity index is 2.00. The van der Waals surface area contributed by atoms with Crippen LogP contribution >= 0.6 is 0 Å². The summed E-state index contributed by atoms with van der Waals surface area (Å²) in [5.41, 5.74) is 1.71. The molecule has 0 saturated carbocycles. The van der Waals surface area contributed by atoms with E-state index in [0.717, 1.165) is 31.4 Å². The number of H-pyrrole nitrogens is 1. The molecule has 1 saturated heterocycles. The Morgan fingerprint density at radius 3 is 2.62 bits per heavy atom. The van der Waals surface area contributed by atoms with Gasteiger partial charge >= 0.3 is 0 Å². The first-order chi connectivity index (χ1) is 10.1. The van der Waals surface area contributed by atoms with E-state index in [2.05, 4.69) is 15.3 Å². The number of hydrogen-bond donors (Lipinski definition) is 3. The van der Waals surface area contributed by atoms with Gasteiger partial charge in [-0.05, 0) is 31.9 Å². The molecule has 3 rings (SSSR count). The highest BCUT2D eigenvalue weighted by atomic mass is 16.3. The molecule has 0 bridgehead atoms. The van der Waals surface area contributed by atoms with Crippen molar-refractivity contribution >= 4 is 0 Å². The second-order valence-corrected chi connectivity index (χ2v) is 5.52. The zero-order valence-corrected chi connectivity index (χ0v) is 12.0. The summed E-state index contributed by atoms with van der Waals surface area (Å²) >= 11 is 0. The Labute approximate surface area is 123 Å². The highest BCUT2D eigenvalue weighted by molar-refractivity contribution is 5.67. The van der Waals surface area contributed by atoms with Crippen LogP contribution in [0.25, 0.3) is 11.1 Å².